The van der Waals surface area contributed by atoms with Crippen LogP contribution in [-0.4, -0.2) is 71.0 Å². The third-order valence-electron chi connectivity index (χ3n) is 5.04. The smallest absolute Gasteiger partial charge is 0.328 e. The van der Waals surface area contributed by atoms with E-state index in [-0.39, 0.29) is 5.69 Å². The lowest BCUT2D eigenvalue weighted by atomic mass is 10.2. The quantitative estimate of drug-likeness (QED) is 0.578. The summed E-state index contributed by atoms with van der Waals surface area (Å²) in [5.74, 6) is -2.98. The number of piperazine rings is 1. The van der Waals surface area contributed by atoms with E-state index in [2.05, 4.69) is 40.1 Å². The summed E-state index contributed by atoms with van der Waals surface area (Å²) in [6.07, 6.45) is 2.03. The number of hydrogen-bond donors (Lipinski definition) is 3. The summed E-state index contributed by atoms with van der Waals surface area (Å²) in [4.78, 5) is 29.4. The van der Waals surface area contributed by atoms with Crippen LogP contribution in [0.15, 0.2) is 35.3 Å². The Morgan fingerprint density at radius 3 is 2.33 bits per heavy atom. The van der Waals surface area contributed by atoms with Gasteiger partial charge in [0, 0.05) is 49.3 Å². The van der Waals surface area contributed by atoms with E-state index < -0.39 is 23.6 Å². The number of carbonyl (C=O) groups is 2. The Kier molecular flexibility index (Phi) is 7.77. The topological polar surface area (TPSA) is 105 Å². The predicted molar refractivity (Wildman–Crippen MR) is 123 cm³/mol. The number of nitrogens with one attached hydrogen (secondary N) is 1. The fraction of sp³-hybridized carbons (Fsp3) is 0.318. The number of nitrogens with zero attached hydrogens (tertiary/aromatic N) is 3. The first-order valence-electron chi connectivity index (χ1n) is 10.2. The normalized spacial score (nSPS) is 15.5. The van der Waals surface area contributed by atoms with Crippen LogP contribution < -0.4 is 5.32 Å². The third kappa shape index (κ3) is 6.14. The van der Waals surface area contributed by atoms with Gasteiger partial charge in [-0.15, -0.1) is 11.3 Å². The minimum Gasteiger partial charge on any atom is -0.478 e. The number of thiophene rings is 1. The maximum Gasteiger partial charge on any atom is 0.328 e. The molecular weight excluding hydrogens is 454 g/mol. The van der Waals surface area contributed by atoms with Gasteiger partial charge in [-0.1, -0.05) is 6.92 Å². The Morgan fingerprint density at radius 1 is 1.12 bits per heavy atom. The number of aliphatic imine (C=N–C) groups is 1. The molecule has 2 aromatic rings. The molecule has 0 radical (unpaired) electrons. The van der Waals surface area contributed by atoms with Gasteiger partial charge in [0.1, 0.15) is 22.3 Å². The number of halogens is 2. The molecule has 0 unspecified atom stereocenters. The van der Waals surface area contributed by atoms with Crippen LogP contribution in [0.1, 0.15) is 17.4 Å². The second-order valence-corrected chi connectivity index (χ2v) is 8.59. The van der Waals surface area contributed by atoms with E-state index in [1.807, 2.05) is 0 Å². The van der Waals surface area contributed by atoms with Crippen molar-refractivity contribution in [1.82, 2.24) is 9.80 Å². The molecule has 0 spiro atoms. The maximum absolute atomic E-state index is 14.4. The molecule has 11 heteroatoms. The van der Waals surface area contributed by atoms with Crippen LogP contribution in [0.25, 0.3) is 0 Å². The number of anilines is 2. The minimum absolute atomic E-state index is 0.178. The molecule has 0 saturated carbocycles. The average molecular weight is 479 g/mol. The predicted octanol–water partition coefficient (Wildman–Crippen LogP) is 3.68. The summed E-state index contributed by atoms with van der Waals surface area (Å²) >= 11 is 1.62. The summed E-state index contributed by atoms with van der Waals surface area (Å²) in [6.45, 7) is 5.65. The van der Waals surface area contributed by atoms with E-state index in [1.54, 1.807) is 11.3 Å². The summed E-state index contributed by atoms with van der Waals surface area (Å²) < 4.78 is 28.1. The van der Waals surface area contributed by atoms with Gasteiger partial charge in [-0.25, -0.2) is 23.4 Å². The van der Waals surface area contributed by atoms with E-state index >= 15 is 0 Å². The van der Waals surface area contributed by atoms with Crippen LogP contribution in [0.3, 0.4) is 0 Å². The second-order valence-electron chi connectivity index (χ2n) is 7.45. The molecular formula is C22H24F2N4O4S. The van der Waals surface area contributed by atoms with Crippen molar-refractivity contribution >= 4 is 45.5 Å². The summed E-state index contributed by atoms with van der Waals surface area (Å²) in [6, 6.07) is 4.32. The highest BCUT2D eigenvalue weighted by Crippen LogP contribution is 2.41. The van der Waals surface area contributed by atoms with Crippen molar-refractivity contribution in [3.63, 3.8) is 0 Å². The molecule has 2 aliphatic heterocycles. The SMILES string of the molecule is CCc1cc2c(s1)Nc1cc(F)cc(F)c1N=C2N1CCN(C)CC1.O=C(O)/C=C\C(=O)O. The summed E-state index contributed by atoms with van der Waals surface area (Å²) in [5.41, 5.74) is 1.53. The highest BCUT2D eigenvalue weighted by atomic mass is 32.1. The van der Waals surface area contributed by atoms with E-state index in [1.165, 1.54) is 10.9 Å². The number of rotatable bonds is 3. The van der Waals surface area contributed by atoms with Crippen molar-refractivity contribution in [3.05, 3.63) is 52.4 Å². The zero-order valence-electron chi connectivity index (χ0n) is 18.1. The number of aliphatic carboxylic acids is 2. The molecule has 8 nitrogen and oxygen atoms in total. The number of likely N-dealkylation sites (N-methyl/N-ethyl adjacent to an activating group) is 1. The minimum atomic E-state index is -1.26. The monoisotopic (exact) mass is 478 g/mol. The first-order valence-corrected chi connectivity index (χ1v) is 11.0. The van der Waals surface area contributed by atoms with Crippen LogP contribution in [0.5, 0.6) is 0 Å². The fourth-order valence-corrected chi connectivity index (χ4v) is 4.34. The Morgan fingerprint density at radius 2 is 1.76 bits per heavy atom. The lowest BCUT2D eigenvalue weighted by Crippen LogP contribution is -2.47. The number of hydrogen-bond acceptors (Lipinski definition) is 7. The molecule has 176 valence electrons. The van der Waals surface area contributed by atoms with Crippen molar-refractivity contribution in [2.24, 2.45) is 4.99 Å². The Hall–Kier alpha value is -3.31. The molecule has 1 aromatic heterocycles. The van der Waals surface area contributed by atoms with Gasteiger partial charge in [-0.05, 0) is 25.6 Å². The third-order valence-corrected chi connectivity index (χ3v) is 6.23. The molecule has 1 aromatic carbocycles. The summed E-state index contributed by atoms with van der Waals surface area (Å²) in [7, 11) is 2.09. The van der Waals surface area contributed by atoms with E-state index in [0.717, 1.165) is 55.1 Å². The van der Waals surface area contributed by atoms with Gasteiger partial charge in [-0.3, -0.25) is 0 Å². The summed E-state index contributed by atoms with van der Waals surface area (Å²) in [5, 5.41) is 19.7. The van der Waals surface area contributed by atoms with Crippen molar-refractivity contribution in [3.8, 4) is 0 Å². The van der Waals surface area contributed by atoms with E-state index in [4.69, 9.17) is 10.2 Å². The molecule has 0 aliphatic carbocycles. The van der Waals surface area contributed by atoms with Gasteiger partial charge in [-0.2, -0.15) is 0 Å². The molecule has 3 N–H and O–H groups in total. The molecule has 3 heterocycles. The molecule has 0 amide bonds. The van der Waals surface area contributed by atoms with Gasteiger partial charge in [0.25, 0.3) is 0 Å². The Labute approximate surface area is 193 Å². The number of aryl methyl sites for hydroxylation is 1. The average Bonchev–Trinajstić information content (AvgIpc) is 3.09. The molecule has 1 fully saturated rings. The first-order chi connectivity index (χ1) is 15.7. The molecule has 2 aliphatic rings. The Bertz CT molecular complexity index is 1090. The van der Waals surface area contributed by atoms with E-state index in [9.17, 15) is 18.4 Å². The fourth-order valence-electron chi connectivity index (χ4n) is 3.34. The number of amidine groups is 1. The number of fused-ring (bicyclic) bond motifs is 2. The van der Waals surface area contributed by atoms with Crippen molar-refractivity contribution < 1.29 is 28.6 Å². The zero-order valence-corrected chi connectivity index (χ0v) is 19.0. The highest BCUT2D eigenvalue weighted by molar-refractivity contribution is 7.16. The largest absolute Gasteiger partial charge is 0.478 e. The first kappa shape index (κ1) is 24.3. The van der Waals surface area contributed by atoms with Gasteiger partial charge in [0.2, 0.25) is 0 Å². The van der Waals surface area contributed by atoms with Gasteiger partial charge < -0.3 is 25.3 Å². The lowest BCUT2D eigenvalue weighted by Gasteiger charge is -2.34. The zero-order chi connectivity index (χ0) is 24.1. The van der Waals surface area contributed by atoms with Crippen LogP contribution in [0.2, 0.25) is 0 Å². The maximum atomic E-state index is 14.4. The van der Waals surface area contributed by atoms with Crippen molar-refractivity contribution in [2.45, 2.75) is 13.3 Å². The molecule has 1 saturated heterocycles. The van der Waals surface area contributed by atoms with E-state index in [0.29, 0.717) is 17.8 Å². The second kappa shape index (κ2) is 10.5. The molecule has 0 bridgehead atoms. The highest BCUT2D eigenvalue weighted by Gasteiger charge is 2.27. The van der Waals surface area contributed by atoms with Crippen molar-refractivity contribution in [2.75, 3.05) is 38.5 Å². The van der Waals surface area contributed by atoms with Crippen molar-refractivity contribution in [1.29, 1.82) is 0 Å². The van der Waals surface area contributed by atoms with Crippen LogP contribution >= 0.6 is 11.3 Å². The number of carboxylic acids is 2. The van der Waals surface area contributed by atoms with Crippen LogP contribution in [-0.2, 0) is 16.0 Å². The number of carboxylic acid groups (broad SMARTS) is 2. The van der Waals surface area contributed by atoms with Gasteiger partial charge in [0.05, 0.1) is 11.3 Å². The number of benzene rings is 1. The van der Waals surface area contributed by atoms with Crippen LogP contribution in [0.4, 0.5) is 25.2 Å². The van der Waals surface area contributed by atoms with Gasteiger partial charge >= 0.3 is 11.9 Å². The molecule has 33 heavy (non-hydrogen) atoms. The van der Waals surface area contributed by atoms with Gasteiger partial charge in [0.15, 0.2) is 5.82 Å². The standard InChI is InChI=1S/C18H20F2N4S.C4H4O4/c1-3-12-10-13-17(24-6-4-23(2)5-7-24)22-16-14(20)8-11(19)9-15(16)21-18(13)25-12;5-3(6)1-2-4(7)8/h8-10,21H,3-7H2,1-2H3;1-2H,(H,5,6)(H,7,8)/b;2-1-. The van der Waals surface area contributed by atoms with Crippen LogP contribution in [0, 0.1) is 11.6 Å². The molecule has 4 rings (SSSR count). The Balaban J connectivity index is 0.000000331. The lowest BCUT2D eigenvalue weighted by molar-refractivity contribution is -0.134. The molecule has 0 atom stereocenters.